The molecule has 2 N–H and O–H groups in total. The number of hydrogen-bond donors (Lipinski definition) is 2. The summed E-state index contributed by atoms with van der Waals surface area (Å²) in [5.74, 6) is -1.34. The fourth-order valence-electron chi connectivity index (χ4n) is 2.42. The van der Waals surface area contributed by atoms with Crippen LogP contribution in [-0.4, -0.2) is 48.6 Å². The zero-order chi connectivity index (χ0) is 15.0. The van der Waals surface area contributed by atoms with Gasteiger partial charge in [-0.25, -0.2) is 0 Å². The van der Waals surface area contributed by atoms with Gasteiger partial charge < -0.3 is 10.4 Å². The summed E-state index contributed by atoms with van der Waals surface area (Å²) in [6.45, 7) is 3.10. The molecule has 114 valence electrons. The van der Waals surface area contributed by atoms with Crippen LogP contribution in [0.4, 0.5) is 0 Å². The van der Waals surface area contributed by atoms with Gasteiger partial charge in [0.15, 0.2) is 0 Å². The Kier molecular flexibility index (Phi) is 7.30. The number of carbonyl (C=O) groups excluding carboxylic acids is 1. The highest BCUT2D eigenvalue weighted by molar-refractivity contribution is 5.77. The Bertz CT molecular complexity index is 366. The van der Waals surface area contributed by atoms with Gasteiger partial charge in [-0.15, -0.1) is 0 Å². The average Bonchev–Trinajstić information content (AvgIpc) is 2.45. The van der Waals surface area contributed by atoms with Gasteiger partial charge in [-0.2, -0.15) is 0 Å². The Morgan fingerprint density at radius 3 is 2.75 bits per heavy atom. The molecule has 1 unspecified atom stereocenters. The molecule has 5 heteroatoms. The Labute approximate surface area is 121 Å². The third-order valence-corrected chi connectivity index (χ3v) is 3.73. The van der Waals surface area contributed by atoms with E-state index in [0.29, 0.717) is 6.54 Å². The first kappa shape index (κ1) is 16.7. The first-order valence-corrected chi connectivity index (χ1v) is 7.36. The summed E-state index contributed by atoms with van der Waals surface area (Å²) in [5.41, 5.74) is 1.45. The summed E-state index contributed by atoms with van der Waals surface area (Å²) in [7, 11) is 1.60. The molecule has 0 radical (unpaired) electrons. The molecule has 0 aromatic heterocycles. The average molecular weight is 282 g/mol. The first-order chi connectivity index (χ1) is 9.52. The molecule has 0 aromatic carbocycles. The van der Waals surface area contributed by atoms with Gasteiger partial charge in [-0.3, -0.25) is 14.5 Å². The fourth-order valence-corrected chi connectivity index (χ4v) is 2.42. The maximum atomic E-state index is 11.5. The lowest BCUT2D eigenvalue weighted by Crippen LogP contribution is -2.40. The third kappa shape index (κ3) is 6.19. The van der Waals surface area contributed by atoms with Gasteiger partial charge >= 0.3 is 5.97 Å². The van der Waals surface area contributed by atoms with Crippen molar-refractivity contribution in [1.29, 1.82) is 0 Å². The predicted octanol–water partition coefficient (Wildman–Crippen LogP) is 1.65. The zero-order valence-corrected chi connectivity index (χ0v) is 12.5. The van der Waals surface area contributed by atoms with Crippen LogP contribution in [0, 0.1) is 5.92 Å². The number of allylic oxidation sites excluding steroid dienone is 1. The normalized spacial score (nSPS) is 16.6. The number of amides is 1. The fraction of sp³-hybridized carbons (Fsp3) is 0.733. The van der Waals surface area contributed by atoms with E-state index < -0.39 is 11.9 Å². The molecule has 0 saturated heterocycles. The summed E-state index contributed by atoms with van der Waals surface area (Å²) in [6, 6.07) is 0. The van der Waals surface area contributed by atoms with E-state index >= 15 is 0 Å². The van der Waals surface area contributed by atoms with Crippen molar-refractivity contribution in [1.82, 2.24) is 10.2 Å². The minimum atomic E-state index is -0.816. The maximum Gasteiger partial charge on any atom is 0.307 e. The monoisotopic (exact) mass is 282 g/mol. The smallest absolute Gasteiger partial charge is 0.307 e. The molecule has 0 fully saturated rings. The lowest BCUT2D eigenvalue weighted by molar-refractivity contribution is -0.142. The molecular formula is C15H26N2O3. The van der Waals surface area contributed by atoms with E-state index in [4.69, 9.17) is 5.11 Å². The molecule has 0 aromatic rings. The van der Waals surface area contributed by atoms with E-state index in [9.17, 15) is 9.59 Å². The second kappa shape index (κ2) is 8.74. The number of likely N-dealkylation sites (N-methyl/N-ethyl adjacent to an activating group) is 1. The quantitative estimate of drug-likeness (QED) is 0.664. The first-order valence-electron chi connectivity index (χ1n) is 7.36. The van der Waals surface area contributed by atoms with Crippen LogP contribution < -0.4 is 5.32 Å². The van der Waals surface area contributed by atoms with E-state index in [1.165, 1.54) is 18.4 Å². The molecule has 1 aliphatic rings. The molecule has 20 heavy (non-hydrogen) atoms. The van der Waals surface area contributed by atoms with Crippen molar-refractivity contribution < 1.29 is 14.7 Å². The van der Waals surface area contributed by atoms with Gasteiger partial charge in [-0.05, 0) is 32.1 Å². The second-order valence-corrected chi connectivity index (χ2v) is 5.51. The SMILES string of the molecule is CNC(=O)CN(CCC1=CCCCC1)CC(C)C(=O)O. The molecule has 5 nitrogen and oxygen atoms in total. The molecule has 0 aliphatic heterocycles. The number of hydrogen-bond acceptors (Lipinski definition) is 3. The predicted molar refractivity (Wildman–Crippen MR) is 78.5 cm³/mol. The number of nitrogens with zero attached hydrogens (tertiary/aromatic N) is 1. The van der Waals surface area contributed by atoms with Gasteiger partial charge in [-0.1, -0.05) is 18.6 Å². The molecule has 0 heterocycles. The summed E-state index contributed by atoms with van der Waals surface area (Å²) < 4.78 is 0. The molecule has 0 spiro atoms. The molecule has 1 amide bonds. The van der Waals surface area contributed by atoms with Crippen LogP contribution in [0.15, 0.2) is 11.6 Å². The van der Waals surface area contributed by atoms with Crippen LogP contribution in [0.3, 0.4) is 0 Å². The molecule has 1 aliphatic carbocycles. The Morgan fingerprint density at radius 1 is 1.45 bits per heavy atom. The highest BCUT2D eigenvalue weighted by atomic mass is 16.4. The van der Waals surface area contributed by atoms with Gasteiger partial charge in [0.2, 0.25) is 5.91 Å². The van der Waals surface area contributed by atoms with Crippen LogP contribution in [0.5, 0.6) is 0 Å². The minimum absolute atomic E-state index is 0.0692. The number of rotatable bonds is 8. The summed E-state index contributed by atoms with van der Waals surface area (Å²) in [6.07, 6.45) is 8.03. The van der Waals surface area contributed by atoms with Gasteiger partial charge in [0.05, 0.1) is 12.5 Å². The van der Waals surface area contributed by atoms with Crippen LogP contribution >= 0.6 is 0 Å². The van der Waals surface area contributed by atoms with Crippen molar-refractivity contribution in [3.63, 3.8) is 0 Å². The van der Waals surface area contributed by atoms with Crippen molar-refractivity contribution in [3.05, 3.63) is 11.6 Å². The van der Waals surface area contributed by atoms with Crippen LogP contribution in [0.1, 0.15) is 39.0 Å². The van der Waals surface area contributed by atoms with Crippen molar-refractivity contribution in [2.45, 2.75) is 39.0 Å². The minimum Gasteiger partial charge on any atom is -0.481 e. The third-order valence-electron chi connectivity index (χ3n) is 3.73. The summed E-state index contributed by atoms with van der Waals surface area (Å²) in [5, 5.41) is 11.6. The van der Waals surface area contributed by atoms with Gasteiger partial charge in [0.1, 0.15) is 0 Å². The van der Waals surface area contributed by atoms with Crippen LogP contribution in [-0.2, 0) is 9.59 Å². The van der Waals surface area contributed by atoms with E-state index in [2.05, 4.69) is 11.4 Å². The van der Waals surface area contributed by atoms with Gasteiger partial charge in [0, 0.05) is 20.1 Å². The number of carbonyl (C=O) groups is 2. The topological polar surface area (TPSA) is 69.6 Å². The number of carboxylic acid groups (broad SMARTS) is 1. The zero-order valence-electron chi connectivity index (χ0n) is 12.5. The molecule has 0 saturated carbocycles. The Balaban J connectivity index is 2.50. The number of carboxylic acids is 1. The van der Waals surface area contributed by atoms with Gasteiger partial charge in [0.25, 0.3) is 0 Å². The molecule has 1 rings (SSSR count). The largest absolute Gasteiger partial charge is 0.481 e. The standard InChI is InChI=1S/C15H26N2O3/c1-12(15(19)20)10-17(11-14(18)16-2)9-8-13-6-4-3-5-7-13/h6,12H,3-5,7-11H2,1-2H3,(H,16,18)(H,19,20). The lowest BCUT2D eigenvalue weighted by atomic mass is 9.97. The summed E-state index contributed by atoms with van der Waals surface area (Å²) in [4.78, 5) is 24.4. The van der Waals surface area contributed by atoms with E-state index in [0.717, 1.165) is 25.8 Å². The van der Waals surface area contributed by atoms with Crippen molar-refractivity contribution in [2.24, 2.45) is 5.92 Å². The molecule has 0 bridgehead atoms. The number of nitrogens with one attached hydrogen (secondary N) is 1. The van der Waals surface area contributed by atoms with E-state index in [1.807, 2.05) is 4.90 Å². The van der Waals surface area contributed by atoms with Crippen molar-refractivity contribution in [2.75, 3.05) is 26.7 Å². The highest BCUT2D eigenvalue weighted by Crippen LogP contribution is 2.20. The Hall–Kier alpha value is -1.36. The number of aliphatic carboxylic acids is 1. The molecule has 1 atom stereocenters. The lowest BCUT2D eigenvalue weighted by Gasteiger charge is -2.24. The van der Waals surface area contributed by atoms with Crippen LogP contribution in [0.25, 0.3) is 0 Å². The second-order valence-electron chi connectivity index (χ2n) is 5.51. The molecular weight excluding hydrogens is 256 g/mol. The van der Waals surface area contributed by atoms with Crippen molar-refractivity contribution >= 4 is 11.9 Å². The Morgan fingerprint density at radius 2 is 2.20 bits per heavy atom. The van der Waals surface area contributed by atoms with Crippen LogP contribution in [0.2, 0.25) is 0 Å². The summed E-state index contributed by atoms with van der Waals surface area (Å²) >= 11 is 0. The van der Waals surface area contributed by atoms with E-state index in [-0.39, 0.29) is 12.5 Å². The van der Waals surface area contributed by atoms with E-state index in [1.54, 1.807) is 14.0 Å². The van der Waals surface area contributed by atoms with Crippen molar-refractivity contribution in [3.8, 4) is 0 Å². The highest BCUT2D eigenvalue weighted by Gasteiger charge is 2.18. The maximum absolute atomic E-state index is 11.5.